The molecule has 0 radical (unpaired) electrons. The lowest BCUT2D eigenvalue weighted by molar-refractivity contribution is -0.124. The first-order valence-corrected chi connectivity index (χ1v) is 6.91. The number of benzene rings is 1. The maximum Gasteiger partial charge on any atom is 0.337 e. The monoisotopic (exact) mass is 296 g/mol. The Bertz CT molecular complexity index is 539. The summed E-state index contributed by atoms with van der Waals surface area (Å²) in [6.45, 7) is 0.319. The van der Waals surface area contributed by atoms with Crippen LogP contribution in [0.3, 0.4) is 0 Å². The van der Waals surface area contributed by atoms with Crippen LogP contribution in [0.1, 0.15) is 36.0 Å². The Morgan fingerprint density at radius 3 is 2.50 bits per heavy atom. The summed E-state index contributed by atoms with van der Waals surface area (Å²) >= 11 is 5.88. The van der Waals surface area contributed by atoms with Crippen LogP contribution in [-0.2, 0) is 4.79 Å². The summed E-state index contributed by atoms with van der Waals surface area (Å²) in [4.78, 5) is 23.2. The molecule has 0 bridgehead atoms. The Balaban J connectivity index is 2.16. The lowest BCUT2D eigenvalue weighted by Crippen LogP contribution is -2.40. The SMILES string of the molecule is NCC1(C(=O)Nc2ccc(C(=O)O)c(Cl)c2)CCCC1. The van der Waals surface area contributed by atoms with Crippen molar-refractivity contribution in [3.8, 4) is 0 Å². The predicted molar refractivity (Wildman–Crippen MR) is 77.0 cm³/mol. The molecule has 2 rings (SSSR count). The molecule has 6 heteroatoms. The highest BCUT2D eigenvalue weighted by Crippen LogP contribution is 2.38. The number of carbonyl (C=O) groups excluding carboxylic acids is 1. The molecule has 0 unspecified atom stereocenters. The fourth-order valence-corrected chi connectivity index (χ4v) is 2.87. The highest BCUT2D eigenvalue weighted by atomic mass is 35.5. The second kappa shape index (κ2) is 5.81. The molecule has 1 aliphatic carbocycles. The number of nitrogens with one attached hydrogen (secondary N) is 1. The van der Waals surface area contributed by atoms with E-state index in [-0.39, 0.29) is 16.5 Å². The molecule has 0 atom stereocenters. The molecule has 108 valence electrons. The van der Waals surface area contributed by atoms with Gasteiger partial charge in [-0.3, -0.25) is 4.79 Å². The molecule has 1 aromatic rings. The third-order valence-corrected chi connectivity index (χ3v) is 4.20. The molecule has 0 heterocycles. The number of aromatic carboxylic acids is 1. The first kappa shape index (κ1) is 14.8. The van der Waals surface area contributed by atoms with Crippen LogP contribution in [0.15, 0.2) is 18.2 Å². The minimum absolute atomic E-state index is 0.0130. The highest BCUT2D eigenvalue weighted by Gasteiger charge is 2.39. The van der Waals surface area contributed by atoms with Gasteiger partial charge in [0.2, 0.25) is 5.91 Å². The third-order valence-electron chi connectivity index (χ3n) is 3.89. The van der Waals surface area contributed by atoms with Gasteiger partial charge in [-0.25, -0.2) is 4.79 Å². The van der Waals surface area contributed by atoms with Gasteiger partial charge in [0.25, 0.3) is 0 Å². The van der Waals surface area contributed by atoms with Crippen LogP contribution in [0.4, 0.5) is 5.69 Å². The first-order chi connectivity index (χ1) is 9.48. The van der Waals surface area contributed by atoms with Gasteiger partial charge in [-0.15, -0.1) is 0 Å². The van der Waals surface area contributed by atoms with E-state index < -0.39 is 11.4 Å². The summed E-state index contributed by atoms with van der Waals surface area (Å²) in [6.07, 6.45) is 3.58. The minimum Gasteiger partial charge on any atom is -0.478 e. The van der Waals surface area contributed by atoms with Gasteiger partial charge in [0.15, 0.2) is 0 Å². The van der Waals surface area contributed by atoms with Crippen molar-refractivity contribution in [1.29, 1.82) is 0 Å². The Labute approximate surface area is 122 Å². The molecule has 1 aliphatic rings. The topological polar surface area (TPSA) is 92.4 Å². The van der Waals surface area contributed by atoms with E-state index in [1.165, 1.54) is 18.2 Å². The zero-order valence-corrected chi connectivity index (χ0v) is 11.7. The molecule has 0 saturated heterocycles. The van der Waals surface area contributed by atoms with Crippen molar-refractivity contribution in [2.24, 2.45) is 11.1 Å². The number of hydrogen-bond donors (Lipinski definition) is 3. The van der Waals surface area contributed by atoms with E-state index >= 15 is 0 Å². The smallest absolute Gasteiger partial charge is 0.337 e. The average molecular weight is 297 g/mol. The van der Waals surface area contributed by atoms with E-state index in [0.29, 0.717) is 12.2 Å². The maximum absolute atomic E-state index is 12.3. The maximum atomic E-state index is 12.3. The van der Waals surface area contributed by atoms with Crippen LogP contribution >= 0.6 is 11.6 Å². The average Bonchev–Trinajstić information content (AvgIpc) is 2.88. The molecule has 1 fully saturated rings. The molecule has 1 saturated carbocycles. The number of rotatable bonds is 4. The number of amides is 1. The zero-order valence-electron chi connectivity index (χ0n) is 11.0. The lowest BCUT2D eigenvalue weighted by atomic mass is 9.85. The van der Waals surface area contributed by atoms with Gasteiger partial charge in [-0.1, -0.05) is 24.4 Å². The number of carboxylic acids is 1. The first-order valence-electron chi connectivity index (χ1n) is 6.53. The van der Waals surface area contributed by atoms with E-state index in [1.807, 2.05) is 0 Å². The van der Waals surface area contributed by atoms with Crippen LogP contribution in [-0.4, -0.2) is 23.5 Å². The van der Waals surface area contributed by atoms with Gasteiger partial charge in [0.1, 0.15) is 0 Å². The molecular weight excluding hydrogens is 280 g/mol. The van der Waals surface area contributed by atoms with Crippen molar-refractivity contribution in [1.82, 2.24) is 0 Å². The molecule has 0 aromatic heterocycles. The zero-order chi connectivity index (χ0) is 14.8. The van der Waals surface area contributed by atoms with Gasteiger partial charge in [-0.2, -0.15) is 0 Å². The van der Waals surface area contributed by atoms with E-state index in [1.54, 1.807) is 0 Å². The quantitative estimate of drug-likeness (QED) is 0.796. The number of carboxylic acid groups (broad SMARTS) is 1. The fourth-order valence-electron chi connectivity index (χ4n) is 2.61. The standard InChI is InChI=1S/C14H17ClN2O3/c15-11-7-9(3-4-10(11)12(18)19)17-13(20)14(8-16)5-1-2-6-14/h3-4,7H,1-2,5-6,8,16H2,(H,17,20)(H,18,19). The number of nitrogens with two attached hydrogens (primary N) is 1. The predicted octanol–water partition coefficient (Wildman–Crippen LogP) is 2.50. The number of hydrogen-bond acceptors (Lipinski definition) is 3. The Kier molecular flexibility index (Phi) is 4.30. The van der Waals surface area contributed by atoms with Crippen molar-refractivity contribution < 1.29 is 14.7 Å². The van der Waals surface area contributed by atoms with Crippen LogP contribution in [0.25, 0.3) is 0 Å². The summed E-state index contributed by atoms with van der Waals surface area (Å²) in [5.74, 6) is -1.21. The summed E-state index contributed by atoms with van der Waals surface area (Å²) in [7, 11) is 0. The second-order valence-electron chi connectivity index (χ2n) is 5.15. The van der Waals surface area contributed by atoms with Gasteiger partial charge in [0, 0.05) is 12.2 Å². The lowest BCUT2D eigenvalue weighted by Gasteiger charge is -2.25. The van der Waals surface area contributed by atoms with Crippen molar-refractivity contribution in [2.75, 3.05) is 11.9 Å². The van der Waals surface area contributed by atoms with Crippen LogP contribution in [0.2, 0.25) is 5.02 Å². The fraction of sp³-hybridized carbons (Fsp3) is 0.429. The number of carbonyl (C=O) groups is 2. The van der Waals surface area contributed by atoms with E-state index in [9.17, 15) is 9.59 Å². The second-order valence-corrected chi connectivity index (χ2v) is 5.55. The Morgan fingerprint density at radius 2 is 2.00 bits per heavy atom. The van der Waals surface area contributed by atoms with Crippen molar-refractivity contribution in [3.05, 3.63) is 28.8 Å². The minimum atomic E-state index is -1.10. The van der Waals surface area contributed by atoms with Crippen molar-refractivity contribution in [2.45, 2.75) is 25.7 Å². The van der Waals surface area contributed by atoms with Crippen molar-refractivity contribution in [3.63, 3.8) is 0 Å². The summed E-state index contributed by atoms with van der Waals surface area (Å²) in [6, 6.07) is 4.36. The molecular formula is C14H17ClN2O3. The van der Waals surface area contributed by atoms with E-state index in [2.05, 4.69) is 5.32 Å². The molecule has 1 amide bonds. The molecule has 0 aliphatic heterocycles. The number of anilines is 1. The van der Waals surface area contributed by atoms with Gasteiger partial charge in [0.05, 0.1) is 16.0 Å². The van der Waals surface area contributed by atoms with Gasteiger partial charge < -0.3 is 16.2 Å². The summed E-state index contributed by atoms with van der Waals surface area (Å²) in [5.41, 5.74) is 5.75. The van der Waals surface area contributed by atoms with Gasteiger partial charge >= 0.3 is 5.97 Å². The van der Waals surface area contributed by atoms with Crippen LogP contribution in [0.5, 0.6) is 0 Å². The number of halogens is 1. The molecule has 5 nitrogen and oxygen atoms in total. The van der Waals surface area contributed by atoms with Crippen LogP contribution < -0.4 is 11.1 Å². The third kappa shape index (κ3) is 2.78. The van der Waals surface area contributed by atoms with Crippen molar-refractivity contribution >= 4 is 29.2 Å². The van der Waals surface area contributed by atoms with Gasteiger partial charge in [-0.05, 0) is 31.0 Å². The Morgan fingerprint density at radius 1 is 1.35 bits per heavy atom. The van der Waals surface area contributed by atoms with E-state index in [4.69, 9.17) is 22.4 Å². The molecule has 20 heavy (non-hydrogen) atoms. The Hall–Kier alpha value is -1.59. The highest BCUT2D eigenvalue weighted by molar-refractivity contribution is 6.33. The molecule has 4 N–H and O–H groups in total. The molecule has 0 spiro atoms. The summed E-state index contributed by atoms with van der Waals surface area (Å²) in [5, 5.41) is 11.8. The molecule has 1 aromatic carbocycles. The summed E-state index contributed by atoms with van der Waals surface area (Å²) < 4.78 is 0. The van der Waals surface area contributed by atoms with Crippen LogP contribution in [0, 0.1) is 5.41 Å². The van der Waals surface area contributed by atoms with E-state index in [0.717, 1.165) is 25.7 Å². The largest absolute Gasteiger partial charge is 0.478 e. The normalized spacial score (nSPS) is 16.9.